The molecule has 0 amide bonds. The average Bonchev–Trinajstić information content (AvgIpc) is 2.68. The molecule has 1 heterocycles. The number of hydrogen-bond acceptors (Lipinski definition) is 3. The molecule has 0 saturated heterocycles. The minimum atomic E-state index is -4.80. The molecule has 0 bridgehead atoms. The molecule has 1 aliphatic heterocycles. The van der Waals surface area contributed by atoms with Gasteiger partial charge in [0.1, 0.15) is 0 Å². The Morgan fingerprint density at radius 3 is 1.96 bits per heavy atom. The van der Waals surface area contributed by atoms with Crippen LogP contribution in [0.3, 0.4) is 0 Å². The van der Waals surface area contributed by atoms with Crippen molar-refractivity contribution < 1.29 is 32.3 Å². The lowest BCUT2D eigenvalue weighted by Crippen LogP contribution is -3.03. The molecule has 2 aromatic rings. The van der Waals surface area contributed by atoms with E-state index in [4.69, 9.17) is 9.39 Å². The zero-order chi connectivity index (χ0) is 20.4. The van der Waals surface area contributed by atoms with E-state index < -0.39 is 29.9 Å². The van der Waals surface area contributed by atoms with Gasteiger partial charge in [-0.3, -0.25) is 0 Å². The Kier molecular flexibility index (Phi) is 5.31. The Morgan fingerprint density at radius 2 is 1.54 bits per heavy atom. The molecule has 0 fully saturated rings. The van der Waals surface area contributed by atoms with Crippen LogP contribution in [0.2, 0.25) is 0 Å². The predicted molar refractivity (Wildman–Crippen MR) is 100 cm³/mol. The number of benzene rings is 2. The minimum absolute atomic E-state index is 0.0472. The molecule has 0 unspecified atom stereocenters. The topological polar surface area (TPSA) is 49.5 Å². The van der Waals surface area contributed by atoms with Gasteiger partial charge < -0.3 is 14.3 Å². The molecule has 4 nitrogen and oxygen atoms in total. The van der Waals surface area contributed by atoms with E-state index in [0.29, 0.717) is 10.9 Å². The lowest BCUT2D eigenvalue weighted by molar-refractivity contribution is -0.340. The van der Waals surface area contributed by atoms with Crippen LogP contribution in [0.5, 0.6) is 0 Å². The molecule has 28 heavy (non-hydrogen) atoms. The second-order valence-electron chi connectivity index (χ2n) is 6.39. The molecule has 1 aliphatic rings. The number of carbonyl (C=O) groups is 1. The van der Waals surface area contributed by atoms with Crippen molar-refractivity contribution in [2.75, 3.05) is 6.61 Å². The molecule has 0 aromatic heterocycles. The number of carbonyl (C=O) groups excluding carboxylic acids is 1. The first-order chi connectivity index (χ1) is 13.3. The Balaban J connectivity index is 2.29. The zero-order valence-corrected chi connectivity index (χ0v) is 15.4. The highest BCUT2D eigenvalue weighted by molar-refractivity contribution is 6.91. The van der Waals surface area contributed by atoms with Crippen LogP contribution in [0.1, 0.15) is 13.8 Å². The molecule has 0 radical (unpaired) electrons. The zero-order valence-electron chi connectivity index (χ0n) is 15.4. The van der Waals surface area contributed by atoms with Crippen molar-refractivity contribution in [1.29, 1.82) is 0 Å². The summed E-state index contributed by atoms with van der Waals surface area (Å²) in [6, 6.07) is 17.2. The fourth-order valence-electron chi connectivity index (χ4n) is 3.42. The van der Waals surface area contributed by atoms with Crippen molar-refractivity contribution in [3.63, 3.8) is 0 Å². The second-order valence-corrected chi connectivity index (χ2v) is 6.39. The first-order valence-electron chi connectivity index (χ1n) is 8.85. The van der Waals surface area contributed by atoms with E-state index in [2.05, 4.69) is 4.90 Å². The molecule has 0 spiro atoms. The summed E-state index contributed by atoms with van der Waals surface area (Å²) in [6.45, 7) is 0.325. The largest absolute Gasteiger partial charge is 0.654 e. The Hall–Kier alpha value is -3.03. The first kappa shape index (κ1) is 19.7. The van der Waals surface area contributed by atoms with Crippen LogP contribution in [0.4, 0.5) is 13.2 Å². The quantitative estimate of drug-likeness (QED) is 0.632. The molecule has 0 aliphatic carbocycles. The van der Waals surface area contributed by atoms with Crippen molar-refractivity contribution in [1.82, 2.24) is 0 Å². The summed E-state index contributed by atoms with van der Waals surface area (Å²) in [5, 5.41) is 0. The normalized spacial score (nSPS) is 16.2. The number of halogens is 3. The van der Waals surface area contributed by atoms with E-state index >= 15 is 0 Å². The molecular formula is C20H19BF3NO3. The van der Waals surface area contributed by atoms with Crippen LogP contribution in [0, 0.1) is 0 Å². The van der Waals surface area contributed by atoms with E-state index in [0.717, 1.165) is 0 Å². The lowest BCUT2D eigenvalue weighted by atomic mass is 9.42. The van der Waals surface area contributed by atoms with Crippen molar-refractivity contribution in [2.45, 2.75) is 20.0 Å². The summed E-state index contributed by atoms with van der Waals surface area (Å²) in [5.74, 6) is -1.22. The SMILES string of the molecule is CCOC(=O)C1=C(C)O[B-](c2ccccc2)(c2ccccc2)[NH+]=C1C(F)(F)F. The van der Waals surface area contributed by atoms with Gasteiger partial charge in [-0.05, 0) is 13.8 Å². The summed E-state index contributed by atoms with van der Waals surface area (Å²) in [5.41, 5.74) is -0.753. The Bertz CT molecular complexity index is 885. The van der Waals surface area contributed by atoms with Gasteiger partial charge in [0.25, 0.3) is 0 Å². The number of hydrogen-bond donors (Lipinski definition) is 1. The first-order valence-corrected chi connectivity index (χ1v) is 8.85. The van der Waals surface area contributed by atoms with E-state index in [9.17, 15) is 18.0 Å². The Morgan fingerprint density at radius 1 is 1.04 bits per heavy atom. The number of esters is 1. The second kappa shape index (κ2) is 7.54. The van der Waals surface area contributed by atoms with Crippen LogP contribution in [-0.4, -0.2) is 30.9 Å². The molecule has 146 valence electrons. The number of alkyl halides is 3. The van der Waals surface area contributed by atoms with Crippen molar-refractivity contribution in [2.24, 2.45) is 0 Å². The van der Waals surface area contributed by atoms with Crippen LogP contribution < -0.4 is 15.8 Å². The van der Waals surface area contributed by atoms with Crippen LogP contribution in [0.15, 0.2) is 72.0 Å². The number of ether oxygens (including phenoxy) is 1. The van der Waals surface area contributed by atoms with Crippen molar-refractivity contribution in [3.8, 4) is 0 Å². The summed E-state index contributed by atoms with van der Waals surface area (Å²) >= 11 is 0. The highest BCUT2D eigenvalue weighted by Crippen LogP contribution is 2.25. The van der Waals surface area contributed by atoms with E-state index in [1.807, 2.05) is 0 Å². The van der Waals surface area contributed by atoms with Gasteiger partial charge in [0, 0.05) is 0 Å². The molecule has 0 atom stereocenters. The van der Waals surface area contributed by atoms with Gasteiger partial charge in [-0.15, -0.1) is 0 Å². The monoisotopic (exact) mass is 389 g/mol. The summed E-state index contributed by atoms with van der Waals surface area (Å²) in [6.07, 6.45) is -4.80. The summed E-state index contributed by atoms with van der Waals surface area (Å²) in [4.78, 5) is 14.8. The molecule has 0 saturated carbocycles. The third-order valence-corrected chi connectivity index (χ3v) is 4.60. The highest BCUT2D eigenvalue weighted by atomic mass is 19.4. The lowest BCUT2D eigenvalue weighted by Gasteiger charge is -2.38. The fourth-order valence-corrected chi connectivity index (χ4v) is 3.42. The van der Waals surface area contributed by atoms with Crippen LogP contribution >= 0.6 is 0 Å². The third kappa shape index (κ3) is 3.54. The number of rotatable bonds is 4. The predicted octanol–water partition coefficient (Wildman–Crippen LogP) is 1.19. The van der Waals surface area contributed by atoms with Gasteiger partial charge in [-0.2, -0.15) is 13.2 Å². The van der Waals surface area contributed by atoms with E-state index in [1.165, 1.54) is 13.8 Å². The fraction of sp³-hybridized carbons (Fsp3) is 0.200. The minimum Gasteiger partial charge on any atom is -0.654 e. The van der Waals surface area contributed by atoms with Gasteiger partial charge >= 0.3 is 18.6 Å². The van der Waals surface area contributed by atoms with E-state index in [1.54, 1.807) is 60.7 Å². The van der Waals surface area contributed by atoms with Gasteiger partial charge in [0.2, 0.25) is 5.71 Å². The highest BCUT2D eigenvalue weighted by Gasteiger charge is 2.54. The van der Waals surface area contributed by atoms with Crippen molar-refractivity contribution >= 4 is 29.1 Å². The Labute approximate surface area is 160 Å². The van der Waals surface area contributed by atoms with E-state index in [-0.39, 0.29) is 12.4 Å². The average molecular weight is 389 g/mol. The smallest absolute Gasteiger partial charge is 0.506 e. The summed E-state index contributed by atoms with van der Waals surface area (Å²) in [7, 11) is 0. The maximum Gasteiger partial charge on any atom is 0.506 e. The van der Waals surface area contributed by atoms with Gasteiger partial charge in [0.15, 0.2) is 5.57 Å². The number of nitrogens with one attached hydrogen (secondary N) is 1. The maximum absolute atomic E-state index is 14.0. The molecular weight excluding hydrogens is 370 g/mol. The molecule has 3 rings (SSSR count). The number of allylic oxidation sites excluding steroid dienone is 1. The van der Waals surface area contributed by atoms with Crippen molar-refractivity contribution in [3.05, 3.63) is 72.0 Å². The molecule has 2 aromatic carbocycles. The van der Waals surface area contributed by atoms with Gasteiger partial charge in [-0.1, -0.05) is 71.6 Å². The molecule has 8 heteroatoms. The van der Waals surface area contributed by atoms with Gasteiger partial charge in [0.05, 0.1) is 12.4 Å². The van der Waals surface area contributed by atoms with Crippen LogP contribution in [0.25, 0.3) is 0 Å². The third-order valence-electron chi connectivity index (χ3n) is 4.60. The summed E-state index contributed by atoms with van der Waals surface area (Å²) < 4.78 is 52.7. The maximum atomic E-state index is 14.0. The standard InChI is InChI=1S/C20H19BF3NO3/c1-3-27-19(26)17-14(2)28-21(15-10-6-4-7-11-15,16-12-8-5-9-13-16)25-18(17)20(22,23)24/h4-13,25H,3H2,1-2H3. The van der Waals surface area contributed by atoms with Gasteiger partial charge in [-0.25, -0.2) is 4.79 Å². The molecule has 1 N–H and O–H groups in total. The van der Waals surface area contributed by atoms with Crippen LogP contribution in [-0.2, 0) is 14.2 Å².